The Labute approximate surface area is 219 Å². The molecule has 1 aromatic carbocycles. The van der Waals surface area contributed by atoms with Crippen molar-refractivity contribution in [2.45, 2.75) is 109 Å². The molecule has 1 aliphatic heterocycles. The van der Waals surface area contributed by atoms with Crippen molar-refractivity contribution in [1.82, 2.24) is 4.90 Å². The lowest BCUT2D eigenvalue weighted by Gasteiger charge is -2.31. The van der Waals surface area contributed by atoms with E-state index in [1.807, 2.05) is 0 Å². The second-order valence-corrected chi connectivity index (χ2v) is 10.2. The second-order valence-electron chi connectivity index (χ2n) is 10.2. The highest BCUT2D eigenvalue weighted by molar-refractivity contribution is 5.96. The van der Waals surface area contributed by atoms with E-state index in [4.69, 9.17) is 4.74 Å². The van der Waals surface area contributed by atoms with Crippen LogP contribution < -0.4 is 0 Å². The molecule has 4 nitrogen and oxygen atoms in total. The number of hydrogen-bond acceptors (Lipinski definition) is 3. The summed E-state index contributed by atoms with van der Waals surface area (Å²) in [6.07, 6.45) is 12.0. The van der Waals surface area contributed by atoms with Gasteiger partial charge in [0.05, 0.1) is 23.7 Å². The van der Waals surface area contributed by atoms with Gasteiger partial charge < -0.3 is 9.64 Å². The smallest absolute Gasteiger partial charge is 0.417 e. The third kappa shape index (κ3) is 11.4. The summed E-state index contributed by atoms with van der Waals surface area (Å²) in [6.45, 7) is 2.93. The number of likely N-dealkylation sites (tertiary alicyclic amines) is 1. The summed E-state index contributed by atoms with van der Waals surface area (Å²) < 4.78 is 58.5. The zero-order chi connectivity index (χ0) is 27.1. The van der Waals surface area contributed by atoms with Gasteiger partial charge in [-0.1, -0.05) is 84.0 Å². The highest BCUT2D eigenvalue weighted by atomic mass is 19.4. The summed E-state index contributed by atoms with van der Waals surface area (Å²) in [5.74, 6) is -2.51. The molecule has 0 bridgehead atoms. The van der Waals surface area contributed by atoms with Gasteiger partial charge in [-0.25, -0.2) is 4.39 Å². The van der Waals surface area contributed by atoms with Crippen LogP contribution in [-0.2, 0) is 15.7 Å². The van der Waals surface area contributed by atoms with Crippen LogP contribution in [0, 0.1) is 11.7 Å². The van der Waals surface area contributed by atoms with Gasteiger partial charge in [0.15, 0.2) is 0 Å². The molecule has 0 unspecified atom stereocenters. The molecule has 210 valence electrons. The standard InChI is InChI=1S/C29H43F4NO3/c1-2-3-4-5-6-7-8-9-10-11-12-13-14-21-37-28(36)23-17-19-34(20-18-23)27(35)25-16-15-24(30)22-26(25)29(31,32)33/h15-16,22-23H,2-14,17-21H2,1H3. The van der Waals surface area contributed by atoms with Crippen LogP contribution in [0.3, 0.4) is 0 Å². The number of alkyl halides is 3. The van der Waals surface area contributed by atoms with Gasteiger partial charge in [-0.2, -0.15) is 13.2 Å². The van der Waals surface area contributed by atoms with Crippen LogP contribution in [0.2, 0.25) is 0 Å². The van der Waals surface area contributed by atoms with Crippen LogP contribution in [0.5, 0.6) is 0 Å². The first-order valence-electron chi connectivity index (χ1n) is 14.1. The Kier molecular flexibility index (Phi) is 14.0. The molecule has 0 radical (unpaired) electrons. The number of benzene rings is 1. The Morgan fingerprint density at radius 2 is 1.38 bits per heavy atom. The SMILES string of the molecule is CCCCCCCCCCCCCCCOC(=O)C1CCN(C(=O)c2ccc(F)cc2C(F)(F)F)CC1. The molecule has 1 saturated heterocycles. The number of halogens is 4. The Hall–Kier alpha value is -2.12. The monoisotopic (exact) mass is 529 g/mol. The predicted molar refractivity (Wildman–Crippen MR) is 137 cm³/mol. The molecule has 37 heavy (non-hydrogen) atoms. The minimum atomic E-state index is -4.83. The van der Waals surface area contributed by atoms with Crippen molar-refractivity contribution < 1.29 is 31.9 Å². The van der Waals surface area contributed by atoms with Crippen LogP contribution >= 0.6 is 0 Å². The minimum Gasteiger partial charge on any atom is -0.465 e. The number of carbonyl (C=O) groups excluding carboxylic acids is 2. The lowest BCUT2D eigenvalue weighted by atomic mass is 9.96. The lowest BCUT2D eigenvalue weighted by Crippen LogP contribution is -2.41. The molecule has 0 spiro atoms. The Bertz CT molecular complexity index is 820. The van der Waals surface area contributed by atoms with E-state index >= 15 is 0 Å². The first kappa shape index (κ1) is 31.1. The number of hydrogen-bond donors (Lipinski definition) is 0. The zero-order valence-electron chi connectivity index (χ0n) is 22.2. The van der Waals surface area contributed by atoms with Crippen LogP contribution in [0.25, 0.3) is 0 Å². The van der Waals surface area contributed by atoms with E-state index in [1.54, 1.807) is 0 Å². The van der Waals surface area contributed by atoms with Gasteiger partial charge in [0, 0.05) is 13.1 Å². The normalized spacial score (nSPS) is 14.7. The number of carbonyl (C=O) groups is 2. The molecule has 8 heteroatoms. The van der Waals surface area contributed by atoms with Gasteiger partial charge in [0.2, 0.25) is 0 Å². The number of nitrogens with zero attached hydrogens (tertiary/aromatic N) is 1. The molecule has 0 aliphatic carbocycles. The van der Waals surface area contributed by atoms with Gasteiger partial charge in [0.25, 0.3) is 5.91 Å². The fourth-order valence-corrected chi connectivity index (χ4v) is 4.84. The highest BCUT2D eigenvalue weighted by Crippen LogP contribution is 2.33. The summed E-state index contributed by atoms with van der Waals surface area (Å²) >= 11 is 0. The largest absolute Gasteiger partial charge is 0.465 e. The van der Waals surface area contributed by atoms with Crippen molar-refractivity contribution in [3.63, 3.8) is 0 Å². The van der Waals surface area contributed by atoms with Crippen LogP contribution in [-0.4, -0.2) is 36.5 Å². The predicted octanol–water partition coefficient (Wildman–Crippen LogP) is 8.33. The number of piperidine rings is 1. The lowest BCUT2D eigenvalue weighted by molar-refractivity contribution is -0.150. The number of rotatable bonds is 16. The third-order valence-electron chi connectivity index (χ3n) is 7.13. The van der Waals surface area contributed by atoms with Gasteiger partial charge in [-0.05, 0) is 37.5 Å². The second kappa shape index (κ2) is 16.7. The van der Waals surface area contributed by atoms with E-state index in [9.17, 15) is 27.2 Å². The first-order chi connectivity index (χ1) is 17.7. The van der Waals surface area contributed by atoms with Crippen molar-refractivity contribution in [3.05, 3.63) is 35.1 Å². The van der Waals surface area contributed by atoms with E-state index in [-0.39, 0.29) is 25.0 Å². The summed E-state index contributed by atoms with van der Waals surface area (Å²) in [5.41, 5.74) is -1.85. The summed E-state index contributed by atoms with van der Waals surface area (Å²) in [4.78, 5) is 26.3. The van der Waals surface area contributed by atoms with Crippen molar-refractivity contribution in [1.29, 1.82) is 0 Å². The average molecular weight is 530 g/mol. The van der Waals surface area contributed by atoms with Crippen molar-refractivity contribution in [2.24, 2.45) is 5.92 Å². The highest BCUT2D eigenvalue weighted by Gasteiger charge is 2.37. The van der Waals surface area contributed by atoms with Gasteiger partial charge in [-0.15, -0.1) is 0 Å². The number of esters is 1. The van der Waals surface area contributed by atoms with E-state index < -0.39 is 29.0 Å². The van der Waals surface area contributed by atoms with E-state index in [0.717, 1.165) is 31.4 Å². The van der Waals surface area contributed by atoms with E-state index in [2.05, 4.69) is 6.92 Å². The van der Waals surface area contributed by atoms with Crippen molar-refractivity contribution in [3.8, 4) is 0 Å². The number of amides is 1. The summed E-state index contributed by atoms with van der Waals surface area (Å²) in [7, 11) is 0. The topological polar surface area (TPSA) is 46.6 Å². The molecule has 2 rings (SSSR count). The van der Waals surface area contributed by atoms with Crippen LogP contribution in [0.1, 0.15) is 119 Å². The Morgan fingerprint density at radius 1 is 0.865 bits per heavy atom. The van der Waals surface area contributed by atoms with Crippen molar-refractivity contribution >= 4 is 11.9 Å². The minimum absolute atomic E-state index is 0.159. The molecule has 0 saturated carbocycles. The van der Waals surface area contributed by atoms with Crippen molar-refractivity contribution in [2.75, 3.05) is 19.7 Å². The fourth-order valence-electron chi connectivity index (χ4n) is 4.84. The molecule has 1 amide bonds. The summed E-state index contributed by atoms with van der Waals surface area (Å²) in [5, 5.41) is 0. The van der Waals surface area contributed by atoms with E-state index in [1.165, 1.54) is 69.1 Å². The maximum atomic E-state index is 13.3. The number of unbranched alkanes of at least 4 members (excludes halogenated alkanes) is 12. The summed E-state index contributed by atoms with van der Waals surface area (Å²) in [6, 6.07) is 2.06. The van der Waals surface area contributed by atoms with Crippen LogP contribution in [0.4, 0.5) is 17.6 Å². The maximum absolute atomic E-state index is 13.3. The number of ether oxygens (including phenoxy) is 1. The molecule has 0 aromatic heterocycles. The molecule has 1 aromatic rings. The third-order valence-corrected chi connectivity index (χ3v) is 7.13. The molecular formula is C29H43F4NO3. The fraction of sp³-hybridized carbons (Fsp3) is 0.724. The molecule has 0 N–H and O–H groups in total. The quantitative estimate of drug-likeness (QED) is 0.123. The molecule has 1 aliphatic rings. The van der Waals surface area contributed by atoms with Gasteiger partial charge in [-0.3, -0.25) is 9.59 Å². The molecular weight excluding hydrogens is 486 g/mol. The van der Waals surface area contributed by atoms with Crippen LogP contribution in [0.15, 0.2) is 18.2 Å². The average Bonchev–Trinajstić information content (AvgIpc) is 2.88. The van der Waals surface area contributed by atoms with Gasteiger partial charge >= 0.3 is 12.1 Å². The zero-order valence-corrected chi connectivity index (χ0v) is 22.2. The Morgan fingerprint density at radius 3 is 1.89 bits per heavy atom. The van der Waals surface area contributed by atoms with E-state index in [0.29, 0.717) is 25.5 Å². The Balaban J connectivity index is 1.56. The maximum Gasteiger partial charge on any atom is 0.417 e. The first-order valence-corrected chi connectivity index (χ1v) is 14.1. The molecule has 1 fully saturated rings. The molecule has 0 atom stereocenters. The molecule has 1 heterocycles. The van der Waals surface area contributed by atoms with Gasteiger partial charge in [0.1, 0.15) is 5.82 Å².